The maximum absolute atomic E-state index is 12.6. The summed E-state index contributed by atoms with van der Waals surface area (Å²) in [6.07, 6.45) is 2.64. The highest BCUT2D eigenvalue weighted by atomic mass is 32.2. The van der Waals surface area contributed by atoms with Gasteiger partial charge in [0.2, 0.25) is 15.9 Å². The Kier molecular flexibility index (Phi) is 5.81. The Labute approximate surface area is 182 Å². The van der Waals surface area contributed by atoms with Crippen LogP contribution < -0.4 is 5.32 Å². The highest BCUT2D eigenvalue weighted by Gasteiger charge is 2.27. The van der Waals surface area contributed by atoms with Crippen molar-refractivity contribution in [3.8, 4) is 0 Å². The highest BCUT2D eigenvalue weighted by molar-refractivity contribution is 7.89. The number of aromatic nitrogens is 3. The molecular formula is C22H27N5O3S. The van der Waals surface area contributed by atoms with Crippen molar-refractivity contribution in [2.24, 2.45) is 0 Å². The summed E-state index contributed by atoms with van der Waals surface area (Å²) < 4.78 is 28.5. The zero-order chi connectivity index (χ0) is 22.2. The second kappa shape index (κ2) is 8.39. The standard InChI is InChI=1S/C22H27N5O3S/c1-15-14-21-23-16(2)20(17(3)27(21)25-15)10-11-22(28)24-18-6-8-19(9-7-18)31(29,30)26-12-4-5-13-26/h6-9,14H,4-5,10-13H2,1-3H3,(H,24,28). The van der Waals surface area contributed by atoms with E-state index >= 15 is 0 Å². The number of amides is 1. The Morgan fingerprint density at radius 3 is 2.45 bits per heavy atom. The average Bonchev–Trinajstić information content (AvgIpc) is 3.38. The summed E-state index contributed by atoms with van der Waals surface area (Å²) >= 11 is 0. The van der Waals surface area contributed by atoms with E-state index in [1.165, 1.54) is 4.31 Å². The number of carbonyl (C=O) groups is 1. The highest BCUT2D eigenvalue weighted by Crippen LogP contribution is 2.22. The van der Waals surface area contributed by atoms with Crippen molar-refractivity contribution >= 4 is 27.3 Å². The molecule has 3 aromatic rings. The van der Waals surface area contributed by atoms with Crippen LogP contribution in [0.15, 0.2) is 35.2 Å². The largest absolute Gasteiger partial charge is 0.326 e. The molecule has 0 aliphatic carbocycles. The number of aryl methyl sites for hydroxylation is 3. The van der Waals surface area contributed by atoms with Gasteiger partial charge < -0.3 is 5.32 Å². The number of benzene rings is 1. The van der Waals surface area contributed by atoms with E-state index in [2.05, 4.69) is 15.4 Å². The van der Waals surface area contributed by atoms with E-state index in [1.807, 2.05) is 31.4 Å². The minimum Gasteiger partial charge on any atom is -0.326 e. The quantitative estimate of drug-likeness (QED) is 0.634. The normalized spacial score (nSPS) is 14.9. The zero-order valence-electron chi connectivity index (χ0n) is 18.1. The van der Waals surface area contributed by atoms with Crippen molar-refractivity contribution in [2.45, 2.75) is 51.3 Å². The summed E-state index contributed by atoms with van der Waals surface area (Å²) in [6, 6.07) is 8.31. The average molecular weight is 442 g/mol. The van der Waals surface area contributed by atoms with Crippen LogP contribution in [-0.2, 0) is 21.2 Å². The molecule has 164 valence electrons. The van der Waals surface area contributed by atoms with E-state index in [0.29, 0.717) is 31.6 Å². The lowest BCUT2D eigenvalue weighted by Crippen LogP contribution is -2.27. The molecule has 0 spiro atoms. The summed E-state index contributed by atoms with van der Waals surface area (Å²) in [7, 11) is -3.45. The molecule has 2 aromatic heterocycles. The molecule has 0 bridgehead atoms. The first-order chi connectivity index (χ1) is 14.8. The third-order valence-corrected chi connectivity index (χ3v) is 7.64. The third-order valence-electron chi connectivity index (χ3n) is 5.73. The van der Waals surface area contributed by atoms with Gasteiger partial charge in [0.1, 0.15) is 0 Å². The summed E-state index contributed by atoms with van der Waals surface area (Å²) in [5, 5.41) is 7.32. The zero-order valence-corrected chi connectivity index (χ0v) is 18.9. The van der Waals surface area contributed by atoms with Gasteiger partial charge in [0, 0.05) is 42.7 Å². The minimum atomic E-state index is -3.45. The van der Waals surface area contributed by atoms with Gasteiger partial charge in [-0.15, -0.1) is 0 Å². The van der Waals surface area contributed by atoms with E-state index in [9.17, 15) is 13.2 Å². The number of hydrogen-bond donors (Lipinski definition) is 1. The van der Waals surface area contributed by atoms with Crippen molar-refractivity contribution in [3.05, 3.63) is 53.0 Å². The molecule has 1 fully saturated rings. The van der Waals surface area contributed by atoms with E-state index in [0.717, 1.165) is 41.1 Å². The molecule has 0 radical (unpaired) electrons. The van der Waals surface area contributed by atoms with Crippen LogP contribution in [0.4, 0.5) is 5.69 Å². The smallest absolute Gasteiger partial charge is 0.243 e. The molecule has 31 heavy (non-hydrogen) atoms. The lowest BCUT2D eigenvalue weighted by Gasteiger charge is -2.15. The molecule has 1 N–H and O–H groups in total. The number of nitrogens with zero attached hydrogens (tertiary/aromatic N) is 4. The number of anilines is 1. The van der Waals surface area contributed by atoms with E-state index in [4.69, 9.17) is 0 Å². The molecule has 9 heteroatoms. The number of nitrogens with one attached hydrogen (secondary N) is 1. The summed E-state index contributed by atoms with van der Waals surface area (Å²) in [5.74, 6) is -0.134. The maximum atomic E-state index is 12.6. The van der Waals surface area contributed by atoms with Crippen LogP contribution in [0, 0.1) is 20.8 Å². The fourth-order valence-corrected chi connectivity index (χ4v) is 5.57. The first kappa shape index (κ1) is 21.5. The lowest BCUT2D eigenvalue weighted by molar-refractivity contribution is -0.116. The Bertz CT molecular complexity index is 1230. The fourth-order valence-electron chi connectivity index (χ4n) is 4.05. The lowest BCUT2D eigenvalue weighted by atomic mass is 10.1. The molecule has 8 nitrogen and oxygen atoms in total. The van der Waals surface area contributed by atoms with Crippen molar-refractivity contribution in [2.75, 3.05) is 18.4 Å². The molecule has 3 heterocycles. The maximum Gasteiger partial charge on any atom is 0.243 e. The fraction of sp³-hybridized carbons (Fsp3) is 0.409. The minimum absolute atomic E-state index is 0.134. The summed E-state index contributed by atoms with van der Waals surface area (Å²) in [4.78, 5) is 17.3. The second-order valence-corrected chi connectivity index (χ2v) is 9.94. The van der Waals surface area contributed by atoms with Crippen molar-refractivity contribution in [1.82, 2.24) is 18.9 Å². The molecule has 4 rings (SSSR count). The van der Waals surface area contributed by atoms with Gasteiger partial charge in [-0.1, -0.05) is 0 Å². The van der Waals surface area contributed by atoms with Crippen molar-refractivity contribution < 1.29 is 13.2 Å². The van der Waals surface area contributed by atoms with E-state index in [1.54, 1.807) is 24.3 Å². The van der Waals surface area contributed by atoms with Gasteiger partial charge in [0.05, 0.1) is 10.6 Å². The molecule has 1 amide bonds. The SMILES string of the molecule is Cc1cc2nc(C)c(CCC(=O)Nc3ccc(S(=O)(=O)N4CCCC4)cc3)c(C)n2n1. The molecule has 0 unspecified atom stereocenters. The van der Waals surface area contributed by atoms with E-state index < -0.39 is 10.0 Å². The number of hydrogen-bond acceptors (Lipinski definition) is 5. The van der Waals surface area contributed by atoms with Crippen molar-refractivity contribution in [1.29, 1.82) is 0 Å². The first-order valence-electron chi connectivity index (χ1n) is 10.5. The van der Waals surface area contributed by atoms with Gasteiger partial charge in [-0.3, -0.25) is 4.79 Å². The predicted octanol–water partition coefficient (Wildman–Crippen LogP) is 3.01. The Morgan fingerprint density at radius 1 is 1.10 bits per heavy atom. The number of sulfonamides is 1. The predicted molar refractivity (Wildman–Crippen MR) is 119 cm³/mol. The first-order valence-corrected chi connectivity index (χ1v) is 11.9. The summed E-state index contributed by atoms with van der Waals surface area (Å²) in [5.41, 5.74) is 5.19. The molecule has 1 saturated heterocycles. The third kappa shape index (κ3) is 4.33. The topological polar surface area (TPSA) is 96.7 Å². The van der Waals surface area contributed by atoms with E-state index in [-0.39, 0.29) is 10.8 Å². The van der Waals surface area contributed by atoms with Crippen LogP contribution in [0.25, 0.3) is 5.65 Å². The van der Waals surface area contributed by atoms with Crippen LogP contribution in [-0.4, -0.2) is 46.3 Å². The molecule has 1 aromatic carbocycles. The van der Waals surface area contributed by atoms with Gasteiger partial charge in [0.25, 0.3) is 0 Å². The summed E-state index contributed by atoms with van der Waals surface area (Å²) in [6.45, 7) is 7.00. The molecule has 0 atom stereocenters. The Morgan fingerprint density at radius 2 is 1.77 bits per heavy atom. The monoisotopic (exact) mass is 441 g/mol. The van der Waals surface area contributed by atoms with Gasteiger partial charge in [-0.2, -0.15) is 9.40 Å². The van der Waals surface area contributed by atoms with Crippen LogP contribution >= 0.6 is 0 Å². The Balaban J connectivity index is 1.41. The van der Waals surface area contributed by atoms with Crippen LogP contribution in [0.2, 0.25) is 0 Å². The molecule has 1 aliphatic heterocycles. The molecule has 1 aliphatic rings. The molecule has 0 saturated carbocycles. The van der Waals surface area contributed by atoms with Gasteiger partial charge >= 0.3 is 0 Å². The van der Waals surface area contributed by atoms with Gasteiger partial charge in [-0.05, 0) is 69.9 Å². The van der Waals surface area contributed by atoms with Crippen molar-refractivity contribution in [3.63, 3.8) is 0 Å². The second-order valence-electron chi connectivity index (χ2n) is 8.00. The molecular weight excluding hydrogens is 414 g/mol. The number of fused-ring (bicyclic) bond motifs is 1. The van der Waals surface area contributed by atoms with Crippen LogP contribution in [0.5, 0.6) is 0 Å². The van der Waals surface area contributed by atoms with Gasteiger partial charge in [-0.25, -0.2) is 17.9 Å². The number of rotatable bonds is 6. The van der Waals surface area contributed by atoms with Crippen LogP contribution in [0.1, 0.15) is 41.9 Å². The van der Waals surface area contributed by atoms with Crippen LogP contribution in [0.3, 0.4) is 0 Å². The Hall–Kier alpha value is -2.78. The van der Waals surface area contributed by atoms with Gasteiger partial charge in [0.15, 0.2) is 5.65 Å². The number of carbonyl (C=O) groups excluding carboxylic acids is 1.